The minimum absolute atomic E-state index is 0.0736. The number of carbonyl (C=O) groups is 1. The molecule has 0 amide bonds. The summed E-state index contributed by atoms with van der Waals surface area (Å²) in [4.78, 5) is 14.5. The Labute approximate surface area is 108 Å². The summed E-state index contributed by atoms with van der Waals surface area (Å²) in [7, 11) is 0. The largest absolute Gasteiger partial charge is 0.476 e. The van der Waals surface area contributed by atoms with Crippen molar-refractivity contribution in [3.8, 4) is 0 Å². The molecule has 0 spiro atoms. The average Bonchev–Trinajstić information content (AvgIpc) is 2.30. The molecule has 0 saturated carbocycles. The van der Waals surface area contributed by atoms with Crippen molar-refractivity contribution in [2.24, 2.45) is 0 Å². The molecule has 0 aliphatic heterocycles. The minimum atomic E-state index is -1.63. The van der Waals surface area contributed by atoms with Gasteiger partial charge >= 0.3 is 5.97 Å². The van der Waals surface area contributed by atoms with Gasteiger partial charge in [0.2, 0.25) is 5.83 Å². The van der Waals surface area contributed by atoms with Crippen LogP contribution in [-0.4, -0.2) is 16.1 Å². The smallest absolute Gasteiger partial charge is 0.364 e. The van der Waals surface area contributed by atoms with Gasteiger partial charge in [-0.1, -0.05) is 23.7 Å². The van der Waals surface area contributed by atoms with E-state index in [0.29, 0.717) is 5.52 Å². The molecule has 1 N–H and O–H groups in total. The normalized spacial score (nSPS) is 11.8. The molecule has 0 aliphatic carbocycles. The predicted molar refractivity (Wildman–Crippen MR) is 68.2 cm³/mol. The number of carboxylic acid groups (broad SMARTS) is 1. The number of nitrogens with zero attached hydrogens (tertiary/aromatic N) is 1. The van der Waals surface area contributed by atoms with Gasteiger partial charge < -0.3 is 5.11 Å². The van der Waals surface area contributed by atoms with Crippen molar-refractivity contribution in [2.45, 2.75) is 6.92 Å². The van der Waals surface area contributed by atoms with Crippen LogP contribution in [-0.2, 0) is 4.79 Å². The summed E-state index contributed by atoms with van der Waals surface area (Å²) in [5.41, 5.74) is 1.96. The van der Waals surface area contributed by atoms with Crippen LogP contribution in [0.3, 0.4) is 0 Å². The van der Waals surface area contributed by atoms with E-state index in [9.17, 15) is 9.18 Å². The second-order valence-corrected chi connectivity index (χ2v) is 4.22. The Kier molecular flexibility index (Phi) is 3.30. The van der Waals surface area contributed by atoms with Crippen molar-refractivity contribution >= 4 is 34.5 Å². The molecule has 2 rings (SSSR count). The van der Waals surface area contributed by atoms with E-state index in [0.717, 1.165) is 17.0 Å². The number of pyridine rings is 1. The van der Waals surface area contributed by atoms with Crippen molar-refractivity contribution < 1.29 is 14.3 Å². The Hall–Kier alpha value is -1.94. The quantitative estimate of drug-likeness (QED) is 0.667. The number of hydrogen-bond donors (Lipinski definition) is 1. The maximum Gasteiger partial charge on any atom is 0.364 e. The molecular formula is C13H9ClFNO2. The SMILES string of the molecule is Cc1ccc2cc(C=C(F)C(=O)O)c(Cl)nc2c1. The molecule has 0 radical (unpaired) electrons. The van der Waals surface area contributed by atoms with Gasteiger partial charge in [-0.2, -0.15) is 4.39 Å². The third-order valence-electron chi connectivity index (χ3n) is 2.44. The first-order valence-corrected chi connectivity index (χ1v) is 5.52. The van der Waals surface area contributed by atoms with Crippen LogP contribution in [0.25, 0.3) is 17.0 Å². The molecule has 0 aliphatic rings. The third kappa shape index (κ3) is 2.49. The third-order valence-corrected chi connectivity index (χ3v) is 2.74. The first-order chi connectivity index (χ1) is 8.47. The number of aromatic nitrogens is 1. The summed E-state index contributed by atoms with van der Waals surface area (Å²) < 4.78 is 13.0. The highest BCUT2D eigenvalue weighted by atomic mass is 35.5. The summed E-state index contributed by atoms with van der Waals surface area (Å²) in [5.74, 6) is -2.90. The fourth-order valence-corrected chi connectivity index (χ4v) is 1.77. The van der Waals surface area contributed by atoms with Crippen LogP contribution < -0.4 is 0 Å². The van der Waals surface area contributed by atoms with Crippen LogP contribution in [0, 0.1) is 6.92 Å². The summed E-state index contributed by atoms with van der Waals surface area (Å²) >= 11 is 5.89. The van der Waals surface area contributed by atoms with Crippen molar-refractivity contribution in [3.05, 3.63) is 46.4 Å². The van der Waals surface area contributed by atoms with E-state index in [2.05, 4.69) is 4.98 Å². The molecule has 0 unspecified atom stereocenters. The van der Waals surface area contributed by atoms with Gasteiger partial charge in [0.25, 0.3) is 0 Å². The number of hydrogen-bond acceptors (Lipinski definition) is 2. The fraction of sp³-hybridized carbons (Fsp3) is 0.0769. The first kappa shape index (κ1) is 12.5. The molecule has 3 nitrogen and oxygen atoms in total. The zero-order valence-electron chi connectivity index (χ0n) is 9.45. The Morgan fingerprint density at radius 1 is 1.44 bits per heavy atom. The molecule has 1 aromatic carbocycles. The van der Waals surface area contributed by atoms with E-state index in [1.54, 1.807) is 6.07 Å². The van der Waals surface area contributed by atoms with Crippen molar-refractivity contribution in [3.63, 3.8) is 0 Å². The van der Waals surface area contributed by atoms with Crippen LogP contribution in [0.15, 0.2) is 30.1 Å². The Bertz CT molecular complexity index is 667. The van der Waals surface area contributed by atoms with E-state index in [1.165, 1.54) is 0 Å². The number of benzene rings is 1. The van der Waals surface area contributed by atoms with Crippen LogP contribution in [0.4, 0.5) is 4.39 Å². The number of halogens is 2. The summed E-state index contributed by atoms with van der Waals surface area (Å²) in [6, 6.07) is 7.16. The Morgan fingerprint density at radius 2 is 2.17 bits per heavy atom. The Morgan fingerprint density at radius 3 is 2.83 bits per heavy atom. The van der Waals surface area contributed by atoms with E-state index >= 15 is 0 Å². The number of rotatable bonds is 2. The zero-order chi connectivity index (χ0) is 13.3. The zero-order valence-corrected chi connectivity index (χ0v) is 10.2. The summed E-state index contributed by atoms with van der Waals surface area (Å²) in [6.45, 7) is 1.92. The second-order valence-electron chi connectivity index (χ2n) is 3.86. The standard InChI is InChI=1S/C13H9ClFNO2/c1-7-2-3-8-5-9(6-10(15)13(17)18)12(14)16-11(8)4-7/h2-6H,1H3,(H,17,18). The molecular weight excluding hydrogens is 257 g/mol. The summed E-state index contributed by atoms with van der Waals surface area (Å²) in [6.07, 6.45) is 0.858. The fourth-order valence-electron chi connectivity index (χ4n) is 1.57. The first-order valence-electron chi connectivity index (χ1n) is 5.15. The molecule has 18 heavy (non-hydrogen) atoms. The molecule has 0 atom stereocenters. The van der Waals surface area contributed by atoms with Crippen molar-refractivity contribution in [2.75, 3.05) is 0 Å². The summed E-state index contributed by atoms with van der Waals surface area (Å²) in [5, 5.41) is 9.32. The lowest BCUT2D eigenvalue weighted by Gasteiger charge is -2.03. The minimum Gasteiger partial charge on any atom is -0.476 e. The van der Waals surface area contributed by atoms with Crippen molar-refractivity contribution in [1.29, 1.82) is 0 Å². The number of fused-ring (bicyclic) bond motifs is 1. The van der Waals surface area contributed by atoms with Gasteiger partial charge in [0, 0.05) is 10.9 Å². The lowest BCUT2D eigenvalue weighted by atomic mass is 10.1. The number of aliphatic carboxylic acids is 1. The van der Waals surface area contributed by atoms with Crippen LogP contribution in [0.5, 0.6) is 0 Å². The molecule has 1 heterocycles. The maximum atomic E-state index is 13.0. The van der Waals surface area contributed by atoms with Gasteiger partial charge in [0.15, 0.2) is 0 Å². The number of aryl methyl sites for hydroxylation is 1. The second kappa shape index (κ2) is 4.74. The van der Waals surface area contributed by atoms with Gasteiger partial charge in [-0.15, -0.1) is 0 Å². The molecule has 2 aromatic rings. The maximum absolute atomic E-state index is 13.0. The van der Waals surface area contributed by atoms with Gasteiger partial charge in [-0.05, 0) is 30.7 Å². The Balaban J connectivity index is 2.60. The average molecular weight is 266 g/mol. The van der Waals surface area contributed by atoms with Gasteiger partial charge in [-0.3, -0.25) is 0 Å². The lowest BCUT2D eigenvalue weighted by molar-refractivity contribution is -0.134. The number of carboxylic acids is 1. The lowest BCUT2D eigenvalue weighted by Crippen LogP contribution is -1.95. The highest BCUT2D eigenvalue weighted by Crippen LogP contribution is 2.23. The molecule has 0 saturated heterocycles. The van der Waals surface area contributed by atoms with Crippen molar-refractivity contribution in [1.82, 2.24) is 4.98 Å². The van der Waals surface area contributed by atoms with Crippen LogP contribution in [0.1, 0.15) is 11.1 Å². The van der Waals surface area contributed by atoms with Crippen LogP contribution in [0.2, 0.25) is 5.15 Å². The van der Waals surface area contributed by atoms with E-state index < -0.39 is 11.8 Å². The highest BCUT2D eigenvalue weighted by Gasteiger charge is 2.09. The molecule has 0 fully saturated rings. The van der Waals surface area contributed by atoms with E-state index in [4.69, 9.17) is 16.7 Å². The van der Waals surface area contributed by atoms with E-state index in [1.807, 2.05) is 25.1 Å². The molecule has 0 bridgehead atoms. The van der Waals surface area contributed by atoms with Gasteiger partial charge in [0.1, 0.15) is 5.15 Å². The molecule has 92 valence electrons. The molecule has 1 aromatic heterocycles. The van der Waals surface area contributed by atoms with E-state index in [-0.39, 0.29) is 10.7 Å². The van der Waals surface area contributed by atoms with Gasteiger partial charge in [0.05, 0.1) is 5.52 Å². The van der Waals surface area contributed by atoms with Crippen LogP contribution >= 0.6 is 11.6 Å². The highest BCUT2D eigenvalue weighted by molar-refractivity contribution is 6.31. The monoisotopic (exact) mass is 265 g/mol. The topological polar surface area (TPSA) is 50.2 Å². The molecule has 5 heteroatoms. The predicted octanol–water partition coefficient (Wildman–Crippen LogP) is 3.59. The van der Waals surface area contributed by atoms with Gasteiger partial charge in [-0.25, -0.2) is 9.78 Å².